The largest absolute Gasteiger partial charge is 0.488 e. The molecule has 0 bridgehead atoms. The van der Waals surface area contributed by atoms with Gasteiger partial charge in [-0.05, 0) is 61.8 Å². The maximum atomic E-state index is 10.1. The number of hydrogen-bond donors (Lipinski definition) is 2. The fourth-order valence-corrected chi connectivity index (χ4v) is 3.39. The summed E-state index contributed by atoms with van der Waals surface area (Å²) in [6.45, 7) is 0. The van der Waals surface area contributed by atoms with E-state index in [1.165, 1.54) is 12.0 Å². The van der Waals surface area contributed by atoms with Gasteiger partial charge in [-0.1, -0.05) is 18.9 Å². The zero-order valence-electron chi connectivity index (χ0n) is 11.9. The summed E-state index contributed by atoms with van der Waals surface area (Å²) >= 11 is 0. The minimum absolute atomic E-state index is 0.101. The molecule has 3 nitrogen and oxygen atoms in total. The smallest absolute Gasteiger partial charge is 0.124 e. The van der Waals surface area contributed by atoms with Crippen molar-refractivity contribution in [1.82, 2.24) is 0 Å². The van der Waals surface area contributed by atoms with Crippen LogP contribution in [0.1, 0.15) is 62.2 Å². The Morgan fingerprint density at radius 3 is 2.70 bits per heavy atom. The van der Waals surface area contributed by atoms with Gasteiger partial charge in [0.05, 0.1) is 12.2 Å². The molecule has 0 radical (unpaired) electrons. The number of aliphatic hydroxyl groups is 2. The van der Waals surface area contributed by atoms with Gasteiger partial charge in [0.2, 0.25) is 0 Å². The number of hydrogen-bond acceptors (Lipinski definition) is 3. The van der Waals surface area contributed by atoms with E-state index in [4.69, 9.17) is 4.74 Å². The van der Waals surface area contributed by atoms with Gasteiger partial charge in [-0.25, -0.2) is 0 Å². The molecule has 1 saturated carbocycles. The van der Waals surface area contributed by atoms with Gasteiger partial charge < -0.3 is 14.9 Å². The third-order valence-electron chi connectivity index (χ3n) is 4.61. The first-order valence-electron chi connectivity index (χ1n) is 7.89. The predicted octanol–water partition coefficient (Wildman–Crippen LogP) is 3.13. The summed E-state index contributed by atoms with van der Waals surface area (Å²) in [4.78, 5) is 0. The minimum atomic E-state index is -0.363. The second-order valence-corrected chi connectivity index (χ2v) is 6.13. The molecule has 0 heterocycles. The second-order valence-electron chi connectivity index (χ2n) is 6.13. The standard InChI is InChI=1S/C17H24O3/c18-15-7-4-5-12-9-10-13(11-14(12)15)20-17-8-3-1-2-6-16(17)19/h9-11,15-19H,1-8H2. The highest BCUT2D eigenvalue weighted by atomic mass is 16.5. The van der Waals surface area contributed by atoms with Crippen molar-refractivity contribution in [2.45, 2.75) is 69.7 Å². The number of fused-ring (bicyclic) bond motifs is 1. The summed E-state index contributed by atoms with van der Waals surface area (Å²) in [6.07, 6.45) is 7.24. The Kier molecular flexibility index (Phi) is 4.27. The van der Waals surface area contributed by atoms with E-state index < -0.39 is 0 Å². The van der Waals surface area contributed by atoms with Crippen LogP contribution in [0.15, 0.2) is 18.2 Å². The Balaban J connectivity index is 1.75. The van der Waals surface area contributed by atoms with Crippen LogP contribution in [-0.2, 0) is 6.42 Å². The van der Waals surface area contributed by atoms with E-state index in [2.05, 4.69) is 6.07 Å². The predicted molar refractivity (Wildman–Crippen MR) is 77.8 cm³/mol. The summed E-state index contributed by atoms with van der Waals surface area (Å²) in [6, 6.07) is 6.02. The molecule has 2 aliphatic carbocycles. The lowest BCUT2D eigenvalue weighted by atomic mass is 9.89. The quantitative estimate of drug-likeness (QED) is 0.816. The molecule has 2 aliphatic rings. The molecule has 1 aromatic rings. The second kappa shape index (κ2) is 6.15. The van der Waals surface area contributed by atoms with Gasteiger partial charge in [-0.15, -0.1) is 0 Å². The molecule has 3 heteroatoms. The van der Waals surface area contributed by atoms with Crippen LogP contribution in [0.4, 0.5) is 0 Å². The minimum Gasteiger partial charge on any atom is -0.488 e. The van der Waals surface area contributed by atoms with Gasteiger partial charge in [-0.2, -0.15) is 0 Å². The van der Waals surface area contributed by atoms with Crippen LogP contribution in [0.25, 0.3) is 0 Å². The van der Waals surface area contributed by atoms with Crippen molar-refractivity contribution in [3.8, 4) is 5.75 Å². The lowest BCUT2D eigenvalue weighted by molar-refractivity contribution is 0.0317. The van der Waals surface area contributed by atoms with E-state index in [0.29, 0.717) is 0 Å². The lowest BCUT2D eigenvalue weighted by Crippen LogP contribution is -2.30. The first kappa shape index (κ1) is 13.9. The molecule has 3 atom stereocenters. The summed E-state index contributed by atoms with van der Waals surface area (Å²) in [5, 5.41) is 20.2. The maximum absolute atomic E-state index is 10.1. The molecular weight excluding hydrogens is 252 g/mol. The molecule has 2 N–H and O–H groups in total. The first-order valence-corrected chi connectivity index (χ1v) is 7.89. The molecule has 0 aliphatic heterocycles. The molecule has 0 aromatic heterocycles. The van der Waals surface area contributed by atoms with Gasteiger partial charge in [0.15, 0.2) is 0 Å². The molecule has 0 saturated heterocycles. The average Bonchev–Trinajstić information content (AvgIpc) is 2.65. The third-order valence-corrected chi connectivity index (χ3v) is 4.61. The van der Waals surface area contributed by atoms with E-state index >= 15 is 0 Å². The molecule has 0 amide bonds. The number of benzene rings is 1. The summed E-state index contributed by atoms with van der Waals surface area (Å²) in [5.41, 5.74) is 2.24. The van der Waals surface area contributed by atoms with E-state index in [1.807, 2.05) is 12.1 Å². The Morgan fingerprint density at radius 2 is 1.80 bits per heavy atom. The van der Waals surface area contributed by atoms with Crippen molar-refractivity contribution >= 4 is 0 Å². The van der Waals surface area contributed by atoms with Crippen molar-refractivity contribution in [2.24, 2.45) is 0 Å². The Morgan fingerprint density at radius 1 is 0.950 bits per heavy atom. The van der Waals surface area contributed by atoms with Crippen molar-refractivity contribution in [3.63, 3.8) is 0 Å². The Bertz CT molecular complexity index is 458. The normalized spacial score (nSPS) is 30.4. The molecule has 20 heavy (non-hydrogen) atoms. The van der Waals surface area contributed by atoms with Gasteiger partial charge in [0, 0.05) is 0 Å². The zero-order valence-corrected chi connectivity index (χ0v) is 11.9. The van der Waals surface area contributed by atoms with E-state index in [9.17, 15) is 10.2 Å². The highest BCUT2D eigenvalue weighted by Gasteiger charge is 2.24. The van der Waals surface area contributed by atoms with Gasteiger partial charge in [-0.3, -0.25) is 0 Å². The highest BCUT2D eigenvalue weighted by Crippen LogP contribution is 2.33. The molecule has 3 unspecified atom stereocenters. The molecule has 1 fully saturated rings. The molecule has 0 spiro atoms. The first-order chi connectivity index (χ1) is 9.74. The van der Waals surface area contributed by atoms with Crippen LogP contribution < -0.4 is 4.74 Å². The van der Waals surface area contributed by atoms with E-state index in [0.717, 1.165) is 56.3 Å². The number of rotatable bonds is 2. The third kappa shape index (κ3) is 2.99. The zero-order chi connectivity index (χ0) is 13.9. The summed E-state index contributed by atoms with van der Waals surface area (Å²) in [7, 11) is 0. The SMILES string of the molecule is OC1CCCc2ccc(OC3CCCCCC3O)cc21. The van der Waals surface area contributed by atoms with E-state index in [1.54, 1.807) is 0 Å². The van der Waals surface area contributed by atoms with Crippen molar-refractivity contribution in [1.29, 1.82) is 0 Å². The van der Waals surface area contributed by atoms with Crippen LogP contribution in [0.3, 0.4) is 0 Å². The highest BCUT2D eigenvalue weighted by molar-refractivity contribution is 5.38. The summed E-state index contributed by atoms with van der Waals surface area (Å²) < 4.78 is 6.00. The molecule has 110 valence electrons. The summed E-state index contributed by atoms with van der Waals surface area (Å²) in [5.74, 6) is 0.788. The monoisotopic (exact) mass is 276 g/mol. The van der Waals surface area contributed by atoms with Gasteiger partial charge in [0.1, 0.15) is 11.9 Å². The van der Waals surface area contributed by atoms with Crippen LogP contribution in [0.2, 0.25) is 0 Å². The fraction of sp³-hybridized carbons (Fsp3) is 0.647. The van der Waals surface area contributed by atoms with Gasteiger partial charge in [0.25, 0.3) is 0 Å². The number of ether oxygens (including phenoxy) is 1. The topological polar surface area (TPSA) is 49.7 Å². The number of aryl methyl sites for hydroxylation is 1. The Hall–Kier alpha value is -1.06. The molecule has 1 aromatic carbocycles. The van der Waals surface area contributed by atoms with Crippen LogP contribution in [-0.4, -0.2) is 22.4 Å². The van der Waals surface area contributed by atoms with E-state index in [-0.39, 0.29) is 18.3 Å². The van der Waals surface area contributed by atoms with Crippen molar-refractivity contribution in [2.75, 3.05) is 0 Å². The van der Waals surface area contributed by atoms with Crippen molar-refractivity contribution in [3.05, 3.63) is 29.3 Å². The average molecular weight is 276 g/mol. The fourth-order valence-electron chi connectivity index (χ4n) is 3.39. The Labute approximate surface area is 120 Å². The lowest BCUT2D eigenvalue weighted by Gasteiger charge is -2.25. The van der Waals surface area contributed by atoms with Crippen LogP contribution in [0.5, 0.6) is 5.75 Å². The van der Waals surface area contributed by atoms with Gasteiger partial charge >= 0.3 is 0 Å². The van der Waals surface area contributed by atoms with Crippen LogP contribution in [0, 0.1) is 0 Å². The molecular formula is C17H24O3. The van der Waals surface area contributed by atoms with Crippen LogP contribution >= 0.6 is 0 Å². The maximum Gasteiger partial charge on any atom is 0.124 e. The van der Waals surface area contributed by atoms with Crippen molar-refractivity contribution < 1.29 is 14.9 Å². The number of aliphatic hydroxyl groups excluding tert-OH is 2. The molecule has 3 rings (SSSR count).